The van der Waals surface area contributed by atoms with Gasteiger partial charge in [-0.2, -0.15) is 0 Å². The summed E-state index contributed by atoms with van der Waals surface area (Å²) in [5.41, 5.74) is 2.94. The Kier molecular flexibility index (Phi) is 4.66. The van der Waals surface area contributed by atoms with Gasteiger partial charge in [-0.15, -0.1) is 0 Å². The lowest BCUT2D eigenvalue weighted by Gasteiger charge is -2.22. The zero-order valence-corrected chi connectivity index (χ0v) is 15.3. The number of nitrogens with zero attached hydrogens (tertiary/aromatic N) is 3. The van der Waals surface area contributed by atoms with Crippen molar-refractivity contribution in [2.24, 2.45) is 0 Å². The van der Waals surface area contributed by atoms with Crippen molar-refractivity contribution >= 4 is 22.9 Å². The molecule has 1 aromatic carbocycles. The van der Waals surface area contributed by atoms with E-state index in [2.05, 4.69) is 9.97 Å². The van der Waals surface area contributed by atoms with Gasteiger partial charge in [0, 0.05) is 51.1 Å². The first-order valence-corrected chi connectivity index (χ1v) is 9.16. The van der Waals surface area contributed by atoms with Gasteiger partial charge in [-0.3, -0.25) is 9.59 Å². The molecular formula is C20H22N4O3. The van der Waals surface area contributed by atoms with Crippen LogP contribution in [0, 0.1) is 6.92 Å². The zero-order valence-electron chi connectivity index (χ0n) is 15.3. The van der Waals surface area contributed by atoms with E-state index in [1.807, 2.05) is 34.3 Å². The molecule has 1 aliphatic rings. The van der Waals surface area contributed by atoms with Crippen LogP contribution in [0.3, 0.4) is 0 Å². The first-order valence-electron chi connectivity index (χ1n) is 9.16. The van der Waals surface area contributed by atoms with Gasteiger partial charge in [-0.1, -0.05) is 0 Å². The lowest BCUT2D eigenvalue weighted by molar-refractivity contribution is -0.130. The summed E-state index contributed by atoms with van der Waals surface area (Å²) in [7, 11) is 0. The maximum absolute atomic E-state index is 12.9. The number of aromatic nitrogens is 2. The number of benzene rings is 1. The second-order valence-corrected chi connectivity index (χ2v) is 6.84. The molecule has 0 radical (unpaired) electrons. The fourth-order valence-electron chi connectivity index (χ4n) is 3.48. The minimum Gasteiger partial charge on any atom is -0.441 e. The van der Waals surface area contributed by atoms with Crippen LogP contribution < -0.4 is 0 Å². The van der Waals surface area contributed by atoms with Crippen LogP contribution in [-0.4, -0.2) is 57.8 Å². The van der Waals surface area contributed by atoms with Crippen LogP contribution in [0.4, 0.5) is 0 Å². The van der Waals surface area contributed by atoms with Gasteiger partial charge < -0.3 is 19.2 Å². The summed E-state index contributed by atoms with van der Waals surface area (Å²) in [4.78, 5) is 36.3. The number of aryl methyl sites for hydroxylation is 1. The minimum atomic E-state index is -0.0362. The van der Waals surface area contributed by atoms with Crippen molar-refractivity contribution < 1.29 is 14.0 Å². The summed E-state index contributed by atoms with van der Waals surface area (Å²) in [6.07, 6.45) is 4.82. The van der Waals surface area contributed by atoms with E-state index in [1.165, 1.54) is 0 Å². The highest BCUT2D eigenvalue weighted by Gasteiger charge is 2.23. The molecule has 0 unspecified atom stereocenters. The number of amides is 2. The molecule has 3 heterocycles. The Morgan fingerprint density at radius 3 is 2.78 bits per heavy atom. The van der Waals surface area contributed by atoms with E-state index in [0.29, 0.717) is 49.6 Å². The van der Waals surface area contributed by atoms with E-state index in [9.17, 15) is 9.59 Å². The molecule has 0 bridgehead atoms. The molecule has 1 N–H and O–H groups in total. The quantitative estimate of drug-likeness (QED) is 0.772. The SMILES string of the molecule is Cc1nc2ccc(C(=O)N3CCCN(C(=O)Cc4cc[nH]c4)CC3)cc2o1. The monoisotopic (exact) mass is 366 g/mol. The normalized spacial score (nSPS) is 15.1. The number of fused-ring (bicyclic) bond motifs is 1. The molecule has 0 atom stereocenters. The highest BCUT2D eigenvalue weighted by molar-refractivity contribution is 5.97. The number of carbonyl (C=O) groups is 2. The summed E-state index contributed by atoms with van der Waals surface area (Å²) in [5.74, 6) is 0.647. The van der Waals surface area contributed by atoms with Crippen LogP contribution in [-0.2, 0) is 11.2 Å². The van der Waals surface area contributed by atoms with Gasteiger partial charge >= 0.3 is 0 Å². The maximum atomic E-state index is 12.9. The van der Waals surface area contributed by atoms with Crippen LogP contribution in [0.5, 0.6) is 0 Å². The van der Waals surface area contributed by atoms with Gasteiger partial charge in [0.05, 0.1) is 6.42 Å². The predicted octanol–water partition coefficient (Wildman–Crippen LogP) is 2.38. The first kappa shape index (κ1) is 17.3. The highest BCUT2D eigenvalue weighted by atomic mass is 16.3. The molecule has 140 valence electrons. The fraction of sp³-hybridized carbons (Fsp3) is 0.350. The molecule has 27 heavy (non-hydrogen) atoms. The second-order valence-electron chi connectivity index (χ2n) is 6.84. The molecule has 0 spiro atoms. The molecule has 2 aromatic heterocycles. The Morgan fingerprint density at radius 1 is 1.15 bits per heavy atom. The maximum Gasteiger partial charge on any atom is 0.254 e. The number of H-pyrrole nitrogens is 1. The molecule has 7 nitrogen and oxygen atoms in total. The van der Waals surface area contributed by atoms with E-state index in [0.717, 1.165) is 17.5 Å². The molecule has 1 fully saturated rings. The summed E-state index contributed by atoms with van der Waals surface area (Å²) in [5, 5.41) is 0. The van der Waals surface area contributed by atoms with Crippen molar-refractivity contribution in [2.75, 3.05) is 26.2 Å². The van der Waals surface area contributed by atoms with Crippen molar-refractivity contribution in [3.8, 4) is 0 Å². The van der Waals surface area contributed by atoms with Crippen LogP contribution in [0.25, 0.3) is 11.1 Å². The van der Waals surface area contributed by atoms with Crippen molar-refractivity contribution in [1.82, 2.24) is 19.8 Å². The van der Waals surface area contributed by atoms with Crippen molar-refractivity contribution in [2.45, 2.75) is 19.8 Å². The Bertz CT molecular complexity index is 961. The van der Waals surface area contributed by atoms with E-state index in [-0.39, 0.29) is 11.8 Å². The number of carbonyl (C=O) groups excluding carboxylic acids is 2. The molecule has 4 rings (SSSR count). The van der Waals surface area contributed by atoms with Crippen molar-refractivity contribution in [3.63, 3.8) is 0 Å². The lowest BCUT2D eigenvalue weighted by Crippen LogP contribution is -2.37. The number of rotatable bonds is 3. The van der Waals surface area contributed by atoms with E-state index < -0.39 is 0 Å². The third-order valence-corrected chi connectivity index (χ3v) is 4.90. The molecule has 2 amide bonds. The molecule has 1 aliphatic heterocycles. The Labute approximate surface area is 157 Å². The number of hydrogen-bond acceptors (Lipinski definition) is 4. The number of hydrogen-bond donors (Lipinski definition) is 1. The summed E-state index contributed by atoms with van der Waals surface area (Å²) in [6.45, 7) is 4.19. The molecule has 0 saturated carbocycles. The van der Waals surface area contributed by atoms with Gasteiger partial charge in [0.25, 0.3) is 5.91 Å². The summed E-state index contributed by atoms with van der Waals surface area (Å²) in [6, 6.07) is 7.25. The number of oxazole rings is 1. The smallest absolute Gasteiger partial charge is 0.254 e. The van der Waals surface area contributed by atoms with Crippen LogP contribution in [0.15, 0.2) is 41.1 Å². The largest absolute Gasteiger partial charge is 0.441 e. The molecule has 1 saturated heterocycles. The third kappa shape index (κ3) is 3.72. The predicted molar refractivity (Wildman–Crippen MR) is 100 cm³/mol. The second kappa shape index (κ2) is 7.26. The van der Waals surface area contributed by atoms with Gasteiger partial charge in [0.1, 0.15) is 5.52 Å². The average Bonchev–Trinajstić information content (AvgIpc) is 3.21. The fourth-order valence-corrected chi connectivity index (χ4v) is 3.48. The highest BCUT2D eigenvalue weighted by Crippen LogP contribution is 2.19. The molecule has 7 heteroatoms. The topological polar surface area (TPSA) is 82.4 Å². The van der Waals surface area contributed by atoms with Crippen LogP contribution in [0.1, 0.15) is 28.2 Å². The van der Waals surface area contributed by atoms with Gasteiger partial charge in [-0.25, -0.2) is 4.98 Å². The van der Waals surface area contributed by atoms with Gasteiger partial charge in [0.15, 0.2) is 11.5 Å². The van der Waals surface area contributed by atoms with Crippen LogP contribution in [0.2, 0.25) is 0 Å². The van der Waals surface area contributed by atoms with E-state index in [4.69, 9.17) is 4.42 Å². The number of nitrogens with one attached hydrogen (secondary N) is 1. The molecule has 3 aromatic rings. The van der Waals surface area contributed by atoms with Gasteiger partial charge in [0.2, 0.25) is 5.91 Å². The van der Waals surface area contributed by atoms with E-state index in [1.54, 1.807) is 19.1 Å². The van der Waals surface area contributed by atoms with E-state index >= 15 is 0 Å². The standard InChI is InChI=1S/C20H22N4O3/c1-14-22-17-4-3-16(12-18(17)27-14)20(26)24-8-2-7-23(9-10-24)19(25)11-15-5-6-21-13-15/h3-6,12-13,21H,2,7-11H2,1H3. The summed E-state index contributed by atoms with van der Waals surface area (Å²) < 4.78 is 5.53. The third-order valence-electron chi connectivity index (χ3n) is 4.90. The molecule has 0 aliphatic carbocycles. The average molecular weight is 366 g/mol. The van der Waals surface area contributed by atoms with Crippen molar-refractivity contribution in [1.29, 1.82) is 0 Å². The Balaban J connectivity index is 1.42. The van der Waals surface area contributed by atoms with Gasteiger partial charge in [-0.05, 0) is 36.2 Å². The minimum absolute atomic E-state index is 0.0362. The molecular weight excluding hydrogens is 344 g/mol. The lowest BCUT2D eigenvalue weighted by atomic mass is 10.1. The zero-order chi connectivity index (χ0) is 18.8. The Hall–Kier alpha value is -3.09. The first-order chi connectivity index (χ1) is 13.1. The summed E-state index contributed by atoms with van der Waals surface area (Å²) >= 11 is 0. The van der Waals surface area contributed by atoms with Crippen molar-refractivity contribution in [3.05, 3.63) is 53.7 Å². The number of aromatic amines is 1. The van der Waals surface area contributed by atoms with Crippen LogP contribution >= 0.6 is 0 Å². The Morgan fingerprint density at radius 2 is 1.96 bits per heavy atom.